The number of nitrogens with zero attached hydrogens (tertiary/aromatic N) is 1. The zero-order valence-electron chi connectivity index (χ0n) is 11.0. The van der Waals surface area contributed by atoms with E-state index in [2.05, 4.69) is 19.0 Å². The van der Waals surface area contributed by atoms with Crippen molar-refractivity contribution in [3.63, 3.8) is 0 Å². The van der Waals surface area contributed by atoms with Gasteiger partial charge in [-0.05, 0) is 36.1 Å². The second kappa shape index (κ2) is 4.76. The molecule has 0 saturated carbocycles. The highest BCUT2D eigenvalue weighted by Gasteiger charge is 2.17. The van der Waals surface area contributed by atoms with Crippen LogP contribution in [0.15, 0.2) is 22.7 Å². The number of aromatic hydroxyl groups is 1. The van der Waals surface area contributed by atoms with Crippen LogP contribution in [-0.4, -0.2) is 21.3 Å². The molecule has 0 amide bonds. The van der Waals surface area contributed by atoms with E-state index in [4.69, 9.17) is 9.63 Å². The Morgan fingerprint density at radius 2 is 2.00 bits per heavy atom. The molecule has 5 nitrogen and oxygen atoms in total. The van der Waals surface area contributed by atoms with Crippen LogP contribution >= 0.6 is 0 Å². The lowest BCUT2D eigenvalue weighted by molar-refractivity contribution is 0.0652. The molecular weight excluding hydrogens is 246 g/mol. The van der Waals surface area contributed by atoms with Gasteiger partial charge in [0, 0.05) is 11.6 Å². The minimum absolute atomic E-state index is 0.0622. The molecule has 0 fully saturated rings. The first-order chi connectivity index (χ1) is 8.90. The first-order valence-electron chi connectivity index (χ1n) is 5.94. The Morgan fingerprint density at radius 1 is 1.32 bits per heavy atom. The fourth-order valence-electron chi connectivity index (χ4n) is 2.04. The van der Waals surface area contributed by atoms with Crippen molar-refractivity contribution in [2.24, 2.45) is 0 Å². The minimum Gasteiger partial charge on any atom is -0.507 e. The summed E-state index contributed by atoms with van der Waals surface area (Å²) in [6, 6.07) is 4.77. The molecule has 0 radical (unpaired) electrons. The van der Waals surface area contributed by atoms with Crippen LogP contribution in [0.3, 0.4) is 0 Å². The monoisotopic (exact) mass is 261 g/mol. The summed E-state index contributed by atoms with van der Waals surface area (Å²) >= 11 is 0. The molecule has 100 valence electrons. The standard InChI is InChI=1S/C14H15NO4/c1-7(2)9-5-10(12(16)4-8(9)3)11-6-13(14(17)18)19-15-11/h4-7,16H,1-3H3,(H,17,18). The number of phenols is 1. The number of aromatic carboxylic acids is 1. The number of aryl methyl sites for hydroxylation is 1. The van der Waals surface area contributed by atoms with Gasteiger partial charge in [0.2, 0.25) is 5.76 Å². The molecule has 0 bridgehead atoms. The Kier molecular flexibility index (Phi) is 3.29. The number of carboxylic acid groups (broad SMARTS) is 1. The highest BCUT2D eigenvalue weighted by Crippen LogP contribution is 2.34. The molecule has 19 heavy (non-hydrogen) atoms. The molecule has 0 atom stereocenters. The molecule has 1 heterocycles. The van der Waals surface area contributed by atoms with Crippen LogP contribution in [0.4, 0.5) is 0 Å². The summed E-state index contributed by atoms with van der Waals surface area (Å²) in [4.78, 5) is 10.8. The quantitative estimate of drug-likeness (QED) is 0.886. The first kappa shape index (κ1) is 13.1. The fourth-order valence-corrected chi connectivity index (χ4v) is 2.04. The smallest absolute Gasteiger partial charge is 0.374 e. The number of carbonyl (C=O) groups is 1. The van der Waals surface area contributed by atoms with Gasteiger partial charge in [-0.2, -0.15) is 0 Å². The Morgan fingerprint density at radius 3 is 2.53 bits per heavy atom. The minimum atomic E-state index is -1.19. The lowest BCUT2D eigenvalue weighted by Crippen LogP contribution is -1.94. The average molecular weight is 261 g/mol. The molecule has 1 aromatic carbocycles. The first-order valence-corrected chi connectivity index (χ1v) is 5.94. The maximum absolute atomic E-state index is 10.8. The molecule has 2 rings (SSSR count). The number of hydrogen-bond acceptors (Lipinski definition) is 4. The number of benzene rings is 1. The summed E-state index contributed by atoms with van der Waals surface area (Å²) in [7, 11) is 0. The van der Waals surface area contributed by atoms with Gasteiger partial charge in [0.1, 0.15) is 11.4 Å². The van der Waals surface area contributed by atoms with E-state index in [1.807, 2.05) is 13.0 Å². The zero-order valence-corrected chi connectivity index (χ0v) is 11.0. The molecule has 2 N–H and O–H groups in total. The maximum Gasteiger partial charge on any atom is 0.374 e. The number of hydrogen-bond donors (Lipinski definition) is 2. The largest absolute Gasteiger partial charge is 0.507 e. The Bertz CT molecular complexity index is 628. The van der Waals surface area contributed by atoms with Crippen molar-refractivity contribution in [3.05, 3.63) is 35.1 Å². The SMILES string of the molecule is Cc1cc(O)c(-c2cc(C(=O)O)on2)cc1C(C)C. The van der Waals surface area contributed by atoms with Crippen molar-refractivity contribution in [1.29, 1.82) is 0 Å². The lowest BCUT2D eigenvalue weighted by Gasteiger charge is -2.12. The molecule has 1 aromatic heterocycles. The maximum atomic E-state index is 10.8. The van der Waals surface area contributed by atoms with Gasteiger partial charge in [-0.3, -0.25) is 0 Å². The van der Waals surface area contributed by atoms with E-state index in [9.17, 15) is 9.90 Å². The Balaban J connectivity index is 2.54. The van der Waals surface area contributed by atoms with E-state index in [0.717, 1.165) is 11.1 Å². The van der Waals surface area contributed by atoms with E-state index in [1.54, 1.807) is 6.07 Å². The molecule has 5 heteroatoms. The van der Waals surface area contributed by atoms with Crippen molar-refractivity contribution < 1.29 is 19.5 Å². The van der Waals surface area contributed by atoms with Gasteiger partial charge in [-0.1, -0.05) is 19.0 Å². The van der Waals surface area contributed by atoms with Crippen molar-refractivity contribution >= 4 is 5.97 Å². The number of carboxylic acids is 1. The van der Waals surface area contributed by atoms with Crippen LogP contribution in [0.1, 0.15) is 41.4 Å². The molecule has 0 unspecified atom stereocenters. The highest BCUT2D eigenvalue weighted by atomic mass is 16.5. The topological polar surface area (TPSA) is 83.6 Å². The van der Waals surface area contributed by atoms with Crippen LogP contribution in [0.5, 0.6) is 5.75 Å². The Hall–Kier alpha value is -2.30. The summed E-state index contributed by atoms with van der Waals surface area (Å²) < 4.78 is 4.71. The summed E-state index contributed by atoms with van der Waals surface area (Å²) in [6.45, 7) is 6.02. The van der Waals surface area contributed by atoms with Crippen LogP contribution < -0.4 is 0 Å². The van der Waals surface area contributed by atoms with Gasteiger partial charge in [-0.25, -0.2) is 4.79 Å². The lowest BCUT2D eigenvalue weighted by atomic mass is 9.94. The van der Waals surface area contributed by atoms with E-state index in [1.165, 1.54) is 6.07 Å². The summed E-state index contributed by atoms with van der Waals surface area (Å²) in [6.07, 6.45) is 0. The summed E-state index contributed by atoms with van der Waals surface area (Å²) in [5.74, 6) is -1.08. The molecule has 0 aliphatic carbocycles. The third-order valence-corrected chi connectivity index (χ3v) is 3.00. The number of phenolic OH excluding ortho intramolecular Hbond substituents is 1. The van der Waals surface area contributed by atoms with E-state index >= 15 is 0 Å². The van der Waals surface area contributed by atoms with Gasteiger partial charge in [0.05, 0.1) is 0 Å². The van der Waals surface area contributed by atoms with Crippen LogP contribution in [0.2, 0.25) is 0 Å². The van der Waals surface area contributed by atoms with Gasteiger partial charge in [0.15, 0.2) is 0 Å². The van der Waals surface area contributed by atoms with Crippen molar-refractivity contribution in [3.8, 4) is 17.0 Å². The van der Waals surface area contributed by atoms with E-state index in [0.29, 0.717) is 17.2 Å². The van der Waals surface area contributed by atoms with E-state index < -0.39 is 5.97 Å². The van der Waals surface area contributed by atoms with Crippen molar-refractivity contribution in [2.45, 2.75) is 26.7 Å². The summed E-state index contributed by atoms with van der Waals surface area (Å²) in [5, 5.41) is 22.5. The van der Waals surface area contributed by atoms with Crippen molar-refractivity contribution in [1.82, 2.24) is 5.16 Å². The molecule has 0 aliphatic rings. The van der Waals surface area contributed by atoms with Crippen molar-refractivity contribution in [2.75, 3.05) is 0 Å². The second-order valence-electron chi connectivity index (χ2n) is 4.76. The number of rotatable bonds is 3. The fraction of sp³-hybridized carbons (Fsp3) is 0.286. The number of aromatic nitrogens is 1. The zero-order chi connectivity index (χ0) is 14.2. The molecule has 0 saturated heterocycles. The van der Waals surface area contributed by atoms with Crippen LogP contribution in [-0.2, 0) is 0 Å². The highest BCUT2D eigenvalue weighted by molar-refractivity contribution is 5.86. The third-order valence-electron chi connectivity index (χ3n) is 3.00. The van der Waals surface area contributed by atoms with E-state index in [-0.39, 0.29) is 11.5 Å². The Labute approximate surface area is 110 Å². The molecule has 0 aliphatic heterocycles. The molecular formula is C14H15NO4. The third kappa shape index (κ3) is 2.45. The normalized spacial score (nSPS) is 10.9. The predicted molar refractivity (Wildman–Crippen MR) is 69.4 cm³/mol. The van der Waals surface area contributed by atoms with Gasteiger partial charge in [0.25, 0.3) is 0 Å². The van der Waals surface area contributed by atoms with Crippen LogP contribution in [0, 0.1) is 6.92 Å². The van der Waals surface area contributed by atoms with Crippen LogP contribution in [0.25, 0.3) is 11.3 Å². The molecule has 2 aromatic rings. The van der Waals surface area contributed by atoms with Gasteiger partial charge in [-0.15, -0.1) is 0 Å². The average Bonchev–Trinajstić information content (AvgIpc) is 2.77. The second-order valence-corrected chi connectivity index (χ2v) is 4.76. The van der Waals surface area contributed by atoms with Gasteiger partial charge >= 0.3 is 5.97 Å². The van der Waals surface area contributed by atoms with Gasteiger partial charge < -0.3 is 14.7 Å². The predicted octanol–water partition coefficient (Wildman–Crippen LogP) is 3.18. The summed E-state index contributed by atoms with van der Waals surface area (Å²) in [5.41, 5.74) is 2.85. The molecule has 0 spiro atoms.